The van der Waals surface area contributed by atoms with E-state index in [-0.39, 0.29) is 0 Å². The minimum absolute atomic E-state index is 0.390. The first-order chi connectivity index (χ1) is 9.34. The van der Waals surface area contributed by atoms with E-state index in [2.05, 4.69) is 31.9 Å². The molecule has 19 heavy (non-hydrogen) atoms. The predicted molar refractivity (Wildman–Crippen MR) is 74.8 cm³/mol. The molecule has 1 aromatic heterocycles. The van der Waals surface area contributed by atoms with Crippen LogP contribution in [0.1, 0.15) is 44.9 Å². The summed E-state index contributed by atoms with van der Waals surface area (Å²) >= 11 is 0. The van der Waals surface area contributed by atoms with Crippen LogP contribution in [-0.4, -0.2) is 44.8 Å². The molecule has 1 aliphatic heterocycles. The molecule has 0 unspecified atom stereocenters. The maximum Gasteiger partial charge on any atom is 0.141 e. The van der Waals surface area contributed by atoms with Gasteiger partial charge < -0.3 is 5.32 Å². The van der Waals surface area contributed by atoms with Crippen molar-refractivity contribution in [2.75, 3.05) is 19.6 Å². The molecule has 1 aromatic rings. The van der Waals surface area contributed by atoms with Crippen molar-refractivity contribution in [3.8, 4) is 0 Å². The van der Waals surface area contributed by atoms with Crippen LogP contribution >= 0.6 is 0 Å². The maximum absolute atomic E-state index is 4.47. The number of aryl methyl sites for hydroxylation is 1. The van der Waals surface area contributed by atoms with Crippen LogP contribution in [0.25, 0.3) is 0 Å². The Morgan fingerprint density at radius 3 is 3.00 bits per heavy atom. The lowest BCUT2D eigenvalue weighted by Crippen LogP contribution is -2.59. The van der Waals surface area contributed by atoms with E-state index in [1.165, 1.54) is 25.7 Å². The number of nitrogens with one attached hydrogen (secondary N) is 1. The van der Waals surface area contributed by atoms with Gasteiger partial charge in [-0.15, -0.1) is 0 Å². The Labute approximate surface area is 115 Å². The fourth-order valence-electron chi connectivity index (χ4n) is 3.64. The highest BCUT2D eigenvalue weighted by molar-refractivity contribution is 5.01. The van der Waals surface area contributed by atoms with Crippen molar-refractivity contribution in [1.82, 2.24) is 25.0 Å². The second-order valence-corrected chi connectivity index (χ2v) is 5.93. The lowest BCUT2D eigenvalue weighted by atomic mass is 9.93. The largest absolute Gasteiger partial charge is 0.314 e. The van der Waals surface area contributed by atoms with Gasteiger partial charge in [0.25, 0.3) is 0 Å². The zero-order valence-electron chi connectivity index (χ0n) is 11.9. The van der Waals surface area contributed by atoms with Crippen LogP contribution in [-0.2, 0) is 13.1 Å². The van der Waals surface area contributed by atoms with E-state index in [0.29, 0.717) is 5.54 Å². The molecule has 1 saturated heterocycles. The molecule has 0 atom stereocenters. The molecule has 5 nitrogen and oxygen atoms in total. The zero-order chi connectivity index (χ0) is 13.1. The quantitative estimate of drug-likeness (QED) is 0.892. The Morgan fingerprint density at radius 2 is 2.21 bits per heavy atom. The number of rotatable bonds is 4. The minimum Gasteiger partial charge on any atom is -0.314 e. The standard InChI is InChI=1S/C14H25N5/c1-2-8-19-13(16-12-17-19)10-18-9-7-15-11-14(18)5-3-4-6-14/h12,15H,2-11H2,1H3. The van der Waals surface area contributed by atoms with Crippen molar-refractivity contribution in [1.29, 1.82) is 0 Å². The van der Waals surface area contributed by atoms with Gasteiger partial charge in [-0.2, -0.15) is 5.10 Å². The Hall–Kier alpha value is -0.940. The first-order valence-electron chi connectivity index (χ1n) is 7.66. The van der Waals surface area contributed by atoms with Crippen molar-refractivity contribution in [2.45, 2.75) is 57.7 Å². The normalized spacial score (nSPS) is 23.2. The predicted octanol–water partition coefficient (Wildman–Crippen LogP) is 1.41. The van der Waals surface area contributed by atoms with Crippen LogP contribution in [0.4, 0.5) is 0 Å². The molecule has 1 N–H and O–H groups in total. The van der Waals surface area contributed by atoms with Gasteiger partial charge in [-0.05, 0) is 19.3 Å². The molecule has 3 rings (SSSR count). The summed E-state index contributed by atoms with van der Waals surface area (Å²) in [6.45, 7) is 7.52. The SMILES string of the molecule is CCCn1ncnc1CN1CCNCC12CCCC2. The van der Waals surface area contributed by atoms with Gasteiger partial charge >= 0.3 is 0 Å². The third-order valence-electron chi connectivity index (χ3n) is 4.68. The Kier molecular flexibility index (Phi) is 3.84. The molecule has 0 radical (unpaired) electrons. The van der Waals surface area contributed by atoms with Crippen molar-refractivity contribution in [3.05, 3.63) is 12.2 Å². The van der Waals surface area contributed by atoms with Gasteiger partial charge in [-0.25, -0.2) is 9.67 Å². The monoisotopic (exact) mass is 263 g/mol. The van der Waals surface area contributed by atoms with Crippen LogP contribution in [0.3, 0.4) is 0 Å². The molecule has 0 aromatic carbocycles. The van der Waals surface area contributed by atoms with Crippen molar-refractivity contribution in [3.63, 3.8) is 0 Å². The van der Waals surface area contributed by atoms with Crippen molar-refractivity contribution in [2.24, 2.45) is 0 Å². The second kappa shape index (κ2) is 5.59. The van der Waals surface area contributed by atoms with Gasteiger partial charge in [0.2, 0.25) is 0 Å². The fraction of sp³-hybridized carbons (Fsp3) is 0.857. The average molecular weight is 263 g/mol. The molecule has 2 heterocycles. The van der Waals surface area contributed by atoms with E-state index in [9.17, 15) is 0 Å². The average Bonchev–Trinajstić information content (AvgIpc) is 3.04. The lowest BCUT2D eigenvalue weighted by Gasteiger charge is -2.45. The number of piperazine rings is 1. The second-order valence-electron chi connectivity index (χ2n) is 5.93. The number of aromatic nitrogens is 3. The highest BCUT2D eigenvalue weighted by atomic mass is 15.4. The van der Waals surface area contributed by atoms with Gasteiger partial charge in [-0.1, -0.05) is 19.8 Å². The van der Waals surface area contributed by atoms with Gasteiger partial charge in [0.15, 0.2) is 0 Å². The van der Waals surface area contributed by atoms with E-state index in [1.807, 2.05) is 0 Å². The van der Waals surface area contributed by atoms with Crippen molar-refractivity contribution < 1.29 is 0 Å². The summed E-state index contributed by atoms with van der Waals surface area (Å²) < 4.78 is 2.07. The van der Waals surface area contributed by atoms with Crippen molar-refractivity contribution >= 4 is 0 Å². The van der Waals surface area contributed by atoms with Gasteiger partial charge in [-0.3, -0.25) is 4.90 Å². The van der Waals surface area contributed by atoms with Crippen LogP contribution in [0, 0.1) is 0 Å². The maximum atomic E-state index is 4.47. The molecule has 1 aliphatic carbocycles. The number of nitrogens with zero attached hydrogens (tertiary/aromatic N) is 4. The summed E-state index contributed by atoms with van der Waals surface area (Å²) in [5, 5.41) is 7.93. The minimum atomic E-state index is 0.390. The molecule has 2 aliphatic rings. The Morgan fingerprint density at radius 1 is 1.37 bits per heavy atom. The first-order valence-corrected chi connectivity index (χ1v) is 7.66. The van der Waals surface area contributed by atoms with E-state index in [0.717, 1.165) is 45.0 Å². The van der Waals surface area contributed by atoms with Crippen LogP contribution < -0.4 is 5.32 Å². The van der Waals surface area contributed by atoms with Gasteiger partial charge in [0.1, 0.15) is 12.2 Å². The molecule has 5 heteroatoms. The molecule has 1 saturated carbocycles. The Balaban J connectivity index is 1.74. The summed E-state index contributed by atoms with van der Waals surface area (Å²) in [5.74, 6) is 1.13. The third-order valence-corrected chi connectivity index (χ3v) is 4.68. The summed E-state index contributed by atoms with van der Waals surface area (Å²) in [4.78, 5) is 7.13. The fourth-order valence-corrected chi connectivity index (χ4v) is 3.64. The summed E-state index contributed by atoms with van der Waals surface area (Å²) in [6.07, 6.45) is 8.24. The van der Waals surface area contributed by atoms with Crippen LogP contribution in [0.15, 0.2) is 6.33 Å². The molecular formula is C14H25N5. The van der Waals surface area contributed by atoms with Gasteiger partial charge in [0, 0.05) is 31.7 Å². The van der Waals surface area contributed by atoms with E-state index in [1.54, 1.807) is 6.33 Å². The highest BCUT2D eigenvalue weighted by Gasteiger charge is 2.41. The summed E-state index contributed by atoms with van der Waals surface area (Å²) in [6, 6.07) is 0. The smallest absolute Gasteiger partial charge is 0.141 e. The molecular weight excluding hydrogens is 238 g/mol. The molecule has 0 bridgehead atoms. The zero-order valence-corrected chi connectivity index (χ0v) is 11.9. The van der Waals surface area contributed by atoms with E-state index < -0.39 is 0 Å². The highest BCUT2D eigenvalue weighted by Crippen LogP contribution is 2.36. The molecule has 106 valence electrons. The lowest BCUT2D eigenvalue weighted by molar-refractivity contribution is 0.0534. The molecule has 0 amide bonds. The number of hydrogen-bond donors (Lipinski definition) is 1. The van der Waals surface area contributed by atoms with Gasteiger partial charge in [0.05, 0.1) is 6.54 Å². The number of hydrogen-bond acceptors (Lipinski definition) is 4. The van der Waals surface area contributed by atoms with Crippen LogP contribution in [0.5, 0.6) is 0 Å². The third kappa shape index (κ3) is 2.54. The van der Waals surface area contributed by atoms with E-state index in [4.69, 9.17) is 0 Å². The molecule has 1 spiro atoms. The topological polar surface area (TPSA) is 46.0 Å². The van der Waals surface area contributed by atoms with E-state index >= 15 is 0 Å². The summed E-state index contributed by atoms with van der Waals surface area (Å²) in [7, 11) is 0. The summed E-state index contributed by atoms with van der Waals surface area (Å²) in [5.41, 5.74) is 0.390. The molecule has 2 fully saturated rings. The first kappa shape index (κ1) is 13.1. The van der Waals surface area contributed by atoms with Crippen LogP contribution in [0.2, 0.25) is 0 Å². The Bertz CT molecular complexity index is 408.